The van der Waals surface area contributed by atoms with Gasteiger partial charge in [-0.2, -0.15) is 0 Å². The zero-order valence-electron chi connectivity index (χ0n) is 10.1. The number of nitro groups is 1. The molecule has 0 amide bonds. The van der Waals surface area contributed by atoms with Gasteiger partial charge in [0.05, 0.1) is 11.0 Å². The highest BCUT2D eigenvalue weighted by Gasteiger charge is 2.10. The summed E-state index contributed by atoms with van der Waals surface area (Å²) in [6, 6.07) is 11.8. The number of non-ortho nitro benzene ring substituents is 1. The summed E-state index contributed by atoms with van der Waals surface area (Å²) in [6.07, 6.45) is 0. The first kappa shape index (κ1) is 13.4. The number of benzene rings is 2. The minimum atomic E-state index is -0.450. The number of ether oxygens (including phenoxy) is 1. The Bertz CT molecular complexity index is 617. The maximum atomic E-state index is 10.8. The van der Waals surface area contributed by atoms with Crippen molar-refractivity contribution in [2.45, 2.75) is 0 Å². The van der Waals surface area contributed by atoms with Gasteiger partial charge in [0, 0.05) is 29.3 Å². The third-order valence-electron chi connectivity index (χ3n) is 2.42. The van der Waals surface area contributed by atoms with Crippen LogP contribution in [0.25, 0.3) is 0 Å². The Kier molecular flexibility index (Phi) is 4.01. The molecule has 0 aliphatic carbocycles. The zero-order valence-corrected chi connectivity index (χ0v) is 11.7. The highest BCUT2D eigenvalue weighted by Crippen LogP contribution is 2.30. The average Bonchev–Trinajstić information content (AvgIpc) is 2.38. The summed E-state index contributed by atoms with van der Waals surface area (Å²) in [4.78, 5) is 10.4. The van der Waals surface area contributed by atoms with Crippen LogP contribution in [0.3, 0.4) is 0 Å². The second-order valence-corrected chi connectivity index (χ2v) is 4.70. The van der Waals surface area contributed by atoms with E-state index in [2.05, 4.69) is 21.2 Å². The molecule has 0 spiro atoms. The molecule has 2 aromatic carbocycles. The van der Waals surface area contributed by atoms with E-state index in [9.17, 15) is 10.1 Å². The molecule has 6 heteroatoms. The van der Waals surface area contributed by atoms with Gasteiger partial charge in [-0.05, 0) is 18.2 Å². The van der Waals surface area contributed by atoms with E-state index in [4.69, 9.17) is 4.74 Å². The van der Waals surface area contributed by atoms with Crippen molar-refractivity contribution in [1.29, 1.82) is 0 Å². The summed E-state index contributed by atoms with van der Waals surface area (Å²) in [5.41, 5.74) is 0.607. The summed E-state index contributed by atoms with van der Waals surface area (Å²) < 4.78 is 6.50. The molecule has 98 valence electrons. The van der Waals surface area contributed by atoms with Crippen LogP contribution in [0.4, 0.5) is 11.4 Å². The maximum absolute atomic E-state index is 10.8. The van der Waals surface area contributed by atoms with Gasteiger partial charge >= 0.3 is 0 Å². The van der Waals surface area contributed by atoms with E-state index in [1.165, 1.54) is 12.1 Å². The standard InChI is InChI=1S/C13H11BrN2O3/c1-15-10-6-11(16(17)18)8-13(7-10)19-12-4-2-3-9(14)5-12/h2-8,15H,1H3. The molecular weight excluding hydrogens is 312 g/mol. The topological polar surface area (TPSA) is 64.4 Å². The molecule has 0 unspecified atom stereocenters. The van der Waals surface area contributed by atoms with Gasteiger partial charge in [-0.15, -0.1) is 0 Å². The van der Waals surface area contributed by atoms with Crippen LogP contribution >= 0.6 is 15.9 Å². The van der Waals surface area contributed by atoms with Gasteiger partial charge in [0.1, 0.15) is 11.5 Å². The normalized spacial score (nSPS) is 10.0. The van der Waals surface area contributed by atoms with Gasteiger partial charge in [-0.25, -0.2) is 0 Å². The van der Waals surface area contributed by atoms with Crippen molar-refractivity contribution in [2.75, 3.05) is 12.4 Å². The molecule has 0 bridgehead atoms. The molecule has 0 aliphatic heterocycles. The first-order valence-electron chi connectivity index (χ1n) is 5.49. The van der Waals surface area contributed by atoms with E-state index in [1.54, 1.807) is 25.2 Å². The molecular formula is C13H11BrN2O3. The smallest absolute Gasteiger partial charge is 0.275 e. The molecule has 0 aromatic heterocycles. The Morgan fingerprint density at radius 3 is 2.63 bits per heavy atom. The lowest BCUT2D eigenvalue weighted by atomic mass is 10.2. The van der Waals surface area contributed by atoms with Gasteiger partial charge in [0.15, 0.2) is 0 Å². The van der Waals surface area contributed by atoms with E-state index in [1.807, 2.05) is 12.1 Å². The molecule has 0 fully saturated rings. The Morgan fingerprint density at radius 2 is 2.00 bits per heavy atom. The molecule has 0 radical (unpaired) electrons. The van der Waals surface area contributed by atoms with Crippen molar-refractivity contribution >= 4 is 27.3 Å². The largest absolute Gasteiger partial charge is 0.457 e. The Labute approximate surface area is 118 Å². The van der Waals surface area contributed by atoms with Gasteiger partial charge in [0.2, 0.25) is 0 Å². The van der Waals surface area contributed by atoms with E-state index < -0.39 is 4.92 Å². The van der Waals surface area contributed by atoms with E-state index in [0.717, 1.165) is 4.47 Å². The molecule has 0 saturated carbocycles. The van der Waals surface area contributed by atoms with Gasteiger partial charge in [0.25, 0.3) is 5.69 Å². The molecule has 0 saturated heterocycles. The minimum absolute atomic E-state index is 0.0168. The average molecular weight is 323 g/mol. The van der Waals surface area contributed by atoms with Crippen LogP contribution in [-0.4, -0.2) is 12.0 Å². The Balaban J connectivity index is 2.34. The number of anilines is 1. The lowest BCUT2D eigenvalue weighted by molar-refractivity contribution is -0.384. The van der Waals surface area contributed by atoms with Crippen molar-refractivity contribution < 1.29 is 9.66 Å². The molecule has 2 aromatic rings. The van der Waals surface area contributed by atoms with Gasteiger partial charge in [-0.1, -0.05) is 22.0 Å². The predicted octanol–water partition coefficient (Wildman–Crippen LogP) is 4.19. The summed E-state index contributed by atoms with van der Waals surface area (Å²) in [5, 5.41) is 13.7. The highest BCUT2D eigenvalue weighted by molar-refractivity contribution is 9.10. The van der Waals surface area contributed by atoms with Gasteiger partial charge < -0.3 is 10.1 Å². The van der Waals surface area contributed by atoms with E-state index >= 15 is 0 Å². The molecule has 0 atom stereocenters. The van der Waals surface area contributed by atoms with Crippen molar-refractivity contribution in [2.24, 2.45) is 0 Å². The van der Waals surface area contributed by atoms with Crippen LogP contribution in [0.5, 0.6) is 11.5 Å². The van der Waals surface area contributed by atoms with Crippen LogP contribution in [-0.2, 0) is 0 Å². The fourth-order valence-corrected chi connectivity index (χ4v) is 1.94. The minimum Gasteiger partial charge on any atom is -0.457 e. The van der Waals surface area contributed by atoms with Crippen molar-refractivity contribution in [3.63, 3.8) is 0 Å². The second kappa shape index (κ2) is 5.71. The zero-order chi connectivity index (χ0) is 13.8. The monoisotopic (exact) mass is 322 g/mol. The van der Waals surface area contributed by atoms with E-state index in [-0.39, 0.29) is 5.69 Å². The van der Waals surface area contributed by atoms with Crippen molar-refractivity contribution in [3.05, 3.63) is 57.1 Å². The number of nitro benzene ring substituents is 1. The lowest BCUT2D eigenvalue weighted by Gasteiger charge is -2.08. The molecule has 2 rings (SSSR count). The van der Waals surface area contributed by atoms with Crippen LogP contribution in [0.15, 0.2) is 46.9 Å². The first-order valence-corrected chi connectivity index (χ1v) is 6.28. The number of nitrogens with one attached hydrogen (secondary N) is 1. The number of hydrogen-bond donors (Lipinski definition) is 1. The Morgan fingerprint density at radius 1 is 1.21 bits per heavy atom. The van der Waals surface area contributed by atoms with Crippen molar-refractivity contribution in [3.8, 4) is 11.5 Å². The first-order chi connectivity index (χ1) is 9.08. The van der Waals surface area contributed by atoms with Crippen LogP contribution in [0.1, 0.15) is 0 Å². The maximum Gasteiger partial charge on any atom is 0.275 e. The highest BCUT2D eigenvalue weighted by atomic mass is 79.9. The Hall–Kier alpha value is -2.08. The third kappa shape index (κ3) is 3.45. The van der Waals surface area contributed by atoms with Crippen molar-refractivity contribution in [1.82, 2.24) is 0 Å². The molecule has 0 heterocycles. The number of hydrogen-bond acceptors (Lipinski definition) is 4. The van der Waals surface area contributed by atoms with Gasteiger partial charge in [-0.3, -0.25) is 10.1 Å². The second-order valence-electron chi connectivity index (χ2n) is 3.78. The summed E-state index contributed by atoms with van der Waals surface area (Å²) in [7, 11) is 1.70. The molecule has 0 aliphatic rings. The lowest BCUT2D eigenvalue weighted by Crippen LogP contribution is -1.94. The van der Waals surface area contributed by atoms with E-state index in [0.29, 0.717) is 17.2 Å². The molecule has 19 heavy (non-hydrogen) atoms. The molecule has 5 nitrogen and oxygen atoms in total. The SMILES string of the molecule is CNc1cc(Oc2cccc(Br)c2)cc([N+](=O)[O-])c1. The third-order valence-corrected chi connectivity index (χ3v) is 2.92. The number of nitrogens with zero attached hydrogens (tertiary/aromatic N) is 1. The summed E-state index contributed by atoms with van der Waals surface area (Å²) >= 11 is 3.34. The fourth-order valence-electron chi connectivity index (χ4n) is 1.56. The summed E-state index contributed by atoms with van der Waals surface area (Å²) in [6.45, 7) is 0. The fraction of sp³-hybridized carbons (Fsp3) is 0.0769. The van der Waals surface area contributed by atoms with Crippen LogP contribution in [0, 0.1) is 10.1 Å². The predicted molar refractivity (Wildman–Crippen MR) is 76.9 cm³/mol. The van der Waals surface area contributed by atoms with Crippen LogP contribution in [0.2, 0.25) is 0 Å². The molecule has 1 N–H and O–H groups in total. The van der Waals surface area contributed by atoms with Crippen LogP contribution < -0.4 is 10.1 Å². The number of rotatable bonds is 4. The summed E-state index contributed by atoms with van der Waals surface area (Å²) in [5.74, 6) is 1.02. The number of halogens is 1. The quantitative estimate of drug-likeness (QED) is 0.677.